The van der Waals surface area contributed by atoms with Crippen molar-refractivity contribution in [1.29, 1.82) is 0 Å². The lowest BCUT2D eigenvalue weighted by Crippen LogP contribution is -1.98. The Morgan fingerprint density at radius 2 is 1.67 bits per heavy atom. The molecule has 0 saturated heterocycles. The number of hydrogen-bond donors (Lipinski definition) is 0. The van der Waals surface area contributed by atoms with Crippen molar-refractivity contribution in [2.45, 2.75) is 19.2 Å². The third-order valence-electron chi connectivity index (χ3n) is 2.95. The average Bonchev–Trinajstić information content (AvgIpc) is 2.32. The minimum Gasteiger partial charge on any atom is -0.113 e. The fourth-order valence-electron chi connectivity index (χ4n) is 1.99. The van der Waals surface area contributed by atoms with E-state index in [1.807, 2.05) is 18.2 Å². The summed E-state index contributed by atoms with van der Waals surface area (Å²) < 4.78 is 0. The fourth-order valence-corrected chi connectivity index (χ4v) is 2.89. The quantitative estimate of drug-likeness (QED) is 0.602. The molecule has 1 atom stereocenters. The molecule has 0 radical (unpaired) electrons. The summed E-state index contributed by atoms with van der Waals surface area (Å²) >= 11 is 18.7. The second kappa shape index (κ2) is 5.52. The Kier molecular flexibility index (Phi) is 4.21. The third kappa shape index (κ3) is 2.66. The third-order valence-corrected chi connectivity index (χ3v) is 4.26. The predicted molar refractivity (Wildman–Crippen MR) is 80.1 cm³/mol. The highest BCUT2D eigenvalue weighted by Crippen LogP contribution is 2.38. The SMILES string of the molecule is Cc1ccc(C(Cl)c2cccc(Cl)c2Cl)c(C)c1. The van der Waals surface area contributed by atoms with Gasteiger partial charge in [-0.1, -0.05) is 59.1 Å². The first kappa shape index (κ1) is 13.7. The largest absolute Gasteiger partial charge is 0.113 e. The van der Waals surface area contributed by atoms with Gasteiger partial charge in [-0.2, -0.15) is 0 Å². The molecule has 94 valence electrons. The molecular formula is C15H13Cl3. The highest BCUT2D eigenvalue weighted by atomic mass is 35.5. The second-order valence-electron chi connectivity index (χ2n) is 4.37. The number of aryl methyl sites for hydroxylation is 2. The summed E-state index contributed by atoms with van der Waals surface area (Å²) in [6.45, 7) is 4.11. The van der Waals surface area contributed by atoms with Gasteiger partial charge in [0.15, 0.2) is 0 Å². The molecule has 0 heterocycles. The molecule has 2 aromatic rings. The lowest BCUT2D eigenvalue weighted by atomic mass is 9.98. The Morgan fingerprint density at radius 3 is 2.33 bits per heavy atom. The first-order valence-corrected chi connectivity index (χ1v) is 6.85. The van der Waals surface area contributed by atoms with Gasteiger partial charge in [0.05, 0.1) is 15.4 Å². The van der Waals surface area contributed by atoms with Crippen LogP contribution in [0, 0.1) is 13.8 Å². The van der Waals surface area contributed by atoms with Gasteiger partial charge in [-0.05, 0) is 36.6 Å². The van der Waals surface area contributed by atoms with E-state index in [-0.39, 0.29) is 5.38 Å². The maximum absolute atomic E-state index is 6.52. The standard InChI is InChI=1S/C15H13Cl3/c1-9-6-7-11(10(2)8-9)14(17)12-4-3-5-13(16)15(12)18/h3-8,14H,1-2H3. The fraction of sp³-hybridized carbons (Fsp3) is 0.200. The summed E-state index contributed by atoms with van der Waals surface area (Å²) in [5, 5.41) is 0.778. The Hall–Kier alpha value is -0.690. The van der Waals surface area contributed by atoms with Gasteiger partial charge in [-0.3, -0.25) is 0 Å². The van der Waals surface area contributed by atoms with Crippen LogP contribution >= 0.6 is 34.8 Å². The molecule has 0 amide bonds. The van der Waals surface area contributed by atoms with Gasteiger partial charge in [0.2, 0.25) is 0 Å². The van der Waals surface area contributed by atoms with E-state index in [1.165, 1.54) is 5.56 Å². The zero-order valence-corrected chi connectivity index (χ0v) is 12.4. The van der Waals surface area contributed by atoms with E-state index in [9.17, 15) is 0 Å². The number of alkyl halides is 1. The van der Waals surface area contributed by atoms with Gasteiger partial charge in [-0.25, -0.2) is 0 Å². The Balaban J connectivity index is 2.48. The monoisotopic (exact) mass is 298 g/mol. The smallest absolute Gasteiger partial charge is 0.0852 e. The first-order chi connectivity index (χ1) is 8.50. The maximum atomic E-state index is 6.52. The van der Waals surface area contributed by atoms with E-state index < -0.39 is 0 Å². The topological polar surface area (TPSA) is 0 Å². The van der Waals surface area contributed by atoms with Crippen LogP contribution in [0.3, 0.4) is 0 Å². The van der Waals surface area contributed by atoms with Gasteiger partial charge < -0.3 is 0 Å². The van der Waals surface area contributed by atoms with Crippen molar-refractivity contribution >= 4 is 34.8 Å². The molecule has 0 N–H and O–H groups in total. The molecule has 0 spiro atoms. The van der Waals surface area contributed by atoms with Crippen molar-refractivity contribution in [1.82, 2.24) is 0 Å². The van der Waals surface area contributed by atoms with E-state index in [0.717, 1.165) is 16.7 Å². The van der Waals surface area contributed by atoms with Crippen LogP contribution < -0.4 is 0 Å². The summed E-state index contributed by atoms with van der Waals surface area (Å²) in [5.41, 5.74) is 4.28. The van der Waals surface area contributed by atoms with Crippen LogP contribution in [0.1, 0.15) is 27.6 Å². The van der Waals surface area contributed by atoms with Crippen molar-refractivity contribution in [3.05, 3.63) is 68.7 Å². The molecule has 0 nitrogen and oxygen atoms in total. The van der Waals surface area contributed by atoms with Crippen LogP contribution in [0.5, 0.6) is 0 Å². The Labute approximate surface area is 122 Å². The molecule has 3 heteroatoms. The van der Waals surface area contributed by atoms with Crippen molar-refractivity contribution in [2.75, 3.05) is 0 Å². The number of benzene rings is 2. The molecule has 0 aliphatic rings. The summed E-state index contributed by atoms with van der Waals surface area (Å²) in [7, 11) is 0. The molecule has 0 aromatic heterocycles. The second-order valence-corrected chi connectivity index (χ2v) is 5.59. The molecule has 0 bridgehead atoms. The zero-order valence-electron chi connectivity index (χ0n) is 10.2. The van der Waals surface area contributed by atoms with Crippen molar-refractivity contribution < 1.29 is 0 Å². The van der Waals surface area contributed by atoms with Crippen LogP contribution in [0.4, 0.5) is 0 Å². The Bertz CT molecular complexity index is 576. The highest BCUT2D eigenvalue weighted by Gasteiger charge is 2.17. The van der Waals surface area contributed by atoms with Crippen LogP contribution in [-0.2, 0) is 0 Å². The lowest BCUT2D eigenvalue weighted by Gasteiger charge is -2.15. The molecule has 2 rings (SSSR count). The predicted octanol–water partition coefficient (Wildman–Crippen LogP) is 5.94. The molecule has 0 aliphatic heterocycles. The molecule has 0 fully saturated rings. The van der Waals surface area contributed by atoms with E-state index in [1.54, 1.807) is 6.07 Å². The minimum atomic E-state index is -0.281. The average molecular weight is 300 g/mol. The van der Waals surface area contributed by atoms with Gasteiger partial charge in [0, 0.05) is 0 Å². The zero-order chi connectivity index (χ0) is 13.3. The lowest BCUT2D eigenvalue weighted by molar-refractivity contribution is 1.10. The van der Waals surface area contributed by atoms with Crippen LogP contribution in [-0.4, -0.2) is 0 Å². The summed E-state index contributed by atoms with van der Waals surface area (Å²) in [6.07, 6.45) is 0. The maximum Gasteiger partial charge on any atom is 0.0852 e. The van der Waals surface area contributed by atoms with E-state index in [0.29, 0.717) is 10.0 Å². The van der Waals surface area contributed by atoms with E-state index in [2.05, 4.69) is 26.0 Å². The number of hydrogen-bond acceptors (Lipinski definition) is 0. The van der Waals surface area contributed by atoms with Gasteiger partial charge >= 0.3 is 0 Å². The van der Waals surface area contributed by atoms with Gasteiger partial charge in [0.25, 0.3) is 0 Å². The summed E-state index contributed by atoms with van der Waals surface area (Å²) in [5.74, 6) is 0. The van der Waals surface area contributed by atoms with Crippen LogP contribution in [0.15, 0.2) is 36.4 Å². The van der Waals surface area contributed by atoms with Crippen molar-refractivity contribution in [3.63, 3.8) is 0 Å². The molecule has 0 aliphatic carbocycles. The van der Waals surface area contributed by atoms with Crippen LogP contribution in [0.25, 0.3) is 0 Å². The highest BCUT2D eigenvalue weighted by molar-refractivity contribution is 6.43. The summed E-state index contributed by atoms with van der Waals surface area (Å²) in [4.78, 5) is 0. The molecule has 1 unspecified atom stereocenters. The normalized spacial score (nSPS) is 12.5. The van der Waals surface area contributed by atoms with E-state index >= 15 is 0 Å². The Morgan fingerprint density at radius 1 is 0.944 bits per heavy atom. The van der Waals surface area contributed by atoms with Crippen LogP contribution in [0.2, 0.25) is 10.0 Å². The van der Waals surface area contributed by atoms with Gasteiger partial charge in [0.1, 0.15) is 0 Å². The molecule has 18 heavy (non-hydrogen) atoms. The van der Waals surface area contributed by atoms with Gasteiger partial charge in [-0.15, -0.1) is 11.6 Å². The minimum absolute atomic E-state index is 0.281. The molecular weight excluding hydrogens is 287 g/mol. The number of halogens is 3. The molecule has 0 saturated carbocycles. The molecule has 2 aromatic carbocycles. The van der Waals surface area contributed by atoms with E-state index in [4.69, 9.17) is 34.8 Å². The first-order valence-electron chi connectivity index (χ1n) is 5.66. The summed E-state index contributed by atoms with van der Waals surface area (Å²) in [6, 6.07) is 11.7. The van der Waals surface area contributed by atoms with Crippen molar-refractivity contribution in [3.8, 4) is 0 Å². The number of rotatable bonds is 2. The van der Waals surface area contributed by atoms with Crippen molar-refractivity contribution in [2.24, 2.45) is 0 Å².